The minimum absolute atomic E-state index is 0.0304. The number of nitrogens with zero attached hydrogens (tertiary/aromatic N) is 7. The average Bonchev–Trinajstić information content (AvgIpc) is 2.89. The Morgan fingerprint density at radius 1 is 0.853 bits per heavy atom. The van der Waals surface area contributed by atoms with Crippen molar-refractivity contribution in [3.8, 4) is 0 Å². The number of nitro groups is 1. The summed E-state index contributed by atoms with van der Waals surface area (Å²) in [5.41, 5.74) is 2.29. The first kappa shape index (κ1) is 22.1. The molecule has 1 aromatic carbocycles. The third kappa shape index (κ3) is 4.51. The van der Waals surface area contributed by atoms with Crippen LogP contribution in [0.4, 0.5) is 23.1 Å². The standard InChI is InChI=1S/C24H24ClN7O2/c25-20-6-4-18(5-7-20)19-8-11-30(12-9-19)23-22(32(33)34)24(28-17-27-23)31-15-13-29(14-16-31)21-3-1-2-10-26-21/h1-8,10,17H,9,11-16H2. The van der Waals surface area contributed by atoms with Gasteiger partial charge in [-0.15, -0.1) is 0 Å². The third-order valence-electron chi connectivity index (χ3n) is 6.24. The number of hydrogen-bond donors (Lipinski definition) is 0. The summed E-state index contributed by atoms with van der Waals surface area (Å²) in [6.45, 7) is 3.85. The zero-order valence-electron chi connectivity index (χ0n) is 18.5. The van der Waals surface area contributed by atoms with Crippen LogP contribution in [0.25, 0.3) is 5.57 Å². The summed E-state index contributed by atoms with van der Waals surface area (Å²) >= 11 is 6.00. The molecule has 0 N–H and O–H groups in total. The molecule has 0 bridgehead atoms. The normalized spacial score (nSPS) is 16.4. The Balaban J connectivity index is 1.35. The van der Waals surface area contributed by atoms with Crippen LogP contribution in [-0.2, 0) is 0 Å². The van der Waals surface area contributed by atoms with Gasteiger partial charge in [-0.05, 0) is 41.8 Å². The molecule has 10 heteroatoms. The predicted octanol–water partition coefficient (Wildman–Crippen LogP) is 4.05. The van der Waals surface area contributed by atoms with Crippen molar-refractivity contribution in [2.45, 2.75) is 6.42 Å². The highest BCUT2D eigenvalue weighted by Crippen LogP contribution is 2.36. The second-order valence-corrected chi connectivity index (χ2v) is 8.66. The molecule has 0 saturated carbocycles. The second-order valence-electron chi connectivity index (χ2n) is 8.22. The first-order valence-electron chi connectivity index (χ1n) is 11.2. The zero-order valence-corrected chi connectivity index (χ0v) is 19.3. The number of anilines is 3. The van der Waals surface area contributed by atoms with Crippen molar-refractivity contribution in [1.82, 2.24) is 15.0 Å². The fourth-order valence-electron chi connectivity index (χ4n) is 4.46. The van der Waals surface area contributed by atoms with E-state index in [1.807, 2.05) is 52.3 Å². The lowest BCUT2D eigenvalue weighted by atomic mass is 9.99. The number of pyridine rings is 1. The molecule has 2 aromatic heterocycles. The van der Waals surface area contributed by atoms with Crippen LogP contribution in [0.5, 0.6) is 0 Å². The molecule has 0 spiro atoms. The van der Waals surface area contributed by atoms with Crippen LogP contribution in [0.1, 0.15) is 12.0 Å². The summed E-state index contributed by atoms with van der Waals surface area (Å²) in [6.07, 6.45) is 6.07. The van der Waals surface area contributed by atoms with Crippen LogP contribution in [0, 0.1) is 10.1 Å². The van der Waals surface area contributed by atoms with E-state index < -0.39 is 0 Å². The molecule has 0 radical (unpaired) electrons. The molecule has 34 heavy (non-hydrogen) atoms. The van der Waals surface area contributed by atoms with E-state index in [1.165, 1.54) is 11.9 Å². The summed E-state index contributed by atoms with van der Waals surface area (Å²) in [4.78, 5) is 31.0. The lowest BCUT2D eigenvalue weighted by molar-refractivity contribution is -0.383. The van der Waals surface area contributed by atoms with Gasteiger partial charge in [0.05, 0.1) is 4.92 Å². The molecule has 1 fully saturated rings. The van der Waals surface area contributed by atoms with Crippen molar-refractivity contribution < 1.29 is 4.92 Å². The number of rotatable bonds is 5. The molecular formula is C24H24ClN7O2. The van der Waals surface area contributed by atoms with E-state index in [-0.39, 0.29) is 10.6 Å². The number of halogens is 1. The van der Waals surface area contributed by atoms with Gasteiger partial charge in [-0.25, -0.2) is 15.0 Å². The van der Waals surface area contributed by atoms with E-state index in [0.29, 0.717) is 55.9 Å². The predicted molar refractivity (Wildman–Crippen MR) is 134 cm³/mol. The summed E-state index contributed by atoms with van der Waals surface area (Å²) in [7, 11) is 0. The lowest BCUT2D eigenvalue weighted by Crippen LogP contribution is -2.47. The van der Waals surface area contributed by atoms with E-state index >= 15 is 0 Å². The van der Waals surface area contributed by atoms with Crippen LogP contribution in [0.15, 0.2) is 61.1 Å². The molecule has 0 amide bonds. The molecule has 3 aromatic rings. The van der Waals surface area contributed by atoms with Gasteiger partial charge in [0.15, 0.2) is 0 Å². The quantitative estimate of drug-likeness (QED) is 0.401. The maximum absolute atomic E-state index is 12.2. The van der Waals surface area contributed by atoms with Crippen LogP contribution < -0.4 is 14.7 Å². The Labute approximate surface area is 202 Å². The molecule has 2 aliphatic rings. The molecule has 0 atom stereocenters. The van der Waals surface area contributed by atoms with Gasteiger partial charge in [0.2, 0.25) is 11.6 Å². The van der Waals surface area contributed by atoms with Crippen LogP contribution in [-0.4, -0.2) is 59.1 Å². The zero-order chi connectivity index (χ0) is 23.5. The number of benzene rings is 1. The van der Waals surface area contributed by atoms with Crippen LogP contribution >= 0.6 is 11.6 Å². The van der Waals surface area contributed by atoms with Crippen LogP contribution in [0.3, 0.4) is 0 Å². The lowest BCUT2D eigenvalue weighted by Gasteiger charge is -2.36. The maximum Gasteiger partial charge on any atom is 0.353 e. The van der Waals surface area contributed by atoms with Crippen molar-refractivity contribution in [1.29, 1.82) is 0 Å². The average molecular weight is 478 g/mol. The van der Waals surface area contributed by atoms with Gasteiger partial charge in [0, 0.05) is 50.5 Å². The minimum atomic E-state index is -0.353. The second kappa shape index (κ2) is 9.64. The first-order chi connectivity index (χ1) is 16.6. The number of aromatic nitrogens is 3. The van der Waals surface area contributed by atoms with Gasteiger partial charge in [0.25, 0.3) is 0 Å². The molecule has 4 heterocycles. The van der Waals surface area contributed by atoms with Crippen LogP contribution in [0.2, 0.25) is 5.02 Å². The Kier molecular flexibility index (Phi) is 6.27. The fraction of sp³-hybridized carbons (Fsp3) is 0.292. The van der Waals surface area contributed by atoms with Gasteiger partial charge in [-0.3, -0.25) is 10.1 Å². The summed E-state index contributed by atoms with van der Waals surface area (Å²) in [5.74, 6) is 1.66. The van der Waals surface area contributed by atoms with Crippen molar-refractivity contribution in [3.63, 3.8) is 0 Å². The number of hydrogen-bond acceptors (Lipinski definition) is 8. The van der Waals surface area contributed by atoms with E-state index in [0.717, 1.165) is 17.8 Å². The Morgan fingerprint density at radius 2 is 1.56 bits per heavy atom. The van der Waals surface area contributed by atoms with Gasteiger partial charge in [-0.2, -0.15) is 0 Å². The smallest absolute Gasteiger partial charge is 0.353 e. The van der Waals surface area contributed by atoms with Crippen molar-refractivity contribution in [2.75, 3.05) is 54.0 Å². The van der Waals surface area contributed by atoms with Crippen molar-refractivity contribution in [2.24, 2.45) is 0 Å². The summed E-state index contributed by atoms with van der Waals surface area (Å²) in [5, 5.41) is 12.9. The SMILES string of the molecule is O=[N+]([O-])c1c(N2CC=C(c3ccc(Cl)cc3)CC2)ncnc1N1CCN(c2ccccn2)CC1. The Bertz CT molecular complexity index is 1200. The maximum atomic E-state index is 12.2. The van der Waals surface area contributed by atoms with E-state index in [4.69, 9.17) is 11.6 Å². The monoisotopic (exact) mass is 477 g/mol. The Hall–Kier alpha value is -3.72. The minimum Gasteiger partial charge on any atom is -0.353 e. The van der Waals surface area contributed by atoms with E-state index in [9.17, 15) is 10.1 Å². The largest absolute Gasteiger partial charge is 0.353 e. The molecular weight excluding hydrogens is 454 g/mol. The number of piperazine rings is 1. The molecule has 0 unspecified atom stereocenters. The van der Waals surface area contributed by atoms with Gasteiger partial charge < -0.3 is 14.7 Å². The molecule has 9 nitrogen and oxygen atoms in total. The molecule has 2 aliphatic heterocycles. The topological polar surface area (TPSA) is 91.5 Å². The fourth-order valence-corrected chi connectivity index (χ4v) is 4.59. The molecule has 0 aliphatic carbocycles. The third-order valence-corrected chi connectivity index (χ3v) is 6.49. The van der Waals surface area contributed by atoms with Gasteiger partial charge in [0.1, 0.15) is 12.1 Å². The van der Waals surface area contributed by atoms with E-state index in [1.54, 1.807) is 6.20 Å². The Morgan fingerprint density at radius 3 is 2.18 bits per heavy atom. The summed E-state index contributed by atoms with van der Waals surface area (Å²) < 4.78 is 0. The molecule has 5 rings (SSSR count). The highest BCUT2D eigenvalue weighted by atomic mass is 35.5. The first-order valence-corrected chi connectivity index (χ1v) is 11.6. The van der Waals surface area contributed by atoms with Gasteiger partial charge >= 0.3 is 5.69 Å². The highest BCUT2D eigenvalue weighted by molar-refractivity contribution is 6.30. The van der Waals surface area contributed by atoms with Gasteiger partial charge in [-0.1, -0.05) is 35.9 Å². The highest BCUT2D eigenvalue weighted by Gasteiger charge is 2.32. The molecule has 174 valence electrons. The van der Waals surface area contributed by atoms with Crippen molar-refractivity contribution in [3.05, 3.63) is 81.8 Å². The molecule has 1 saturated heterocycles. The van der Waals surface area contributed by atoms with Crippen molar-refractivity contribution >= 4 is 40.3 Å². The van der Waals surface area contributed by atoms with E-state index in [2.05, 4.69) is 25.9 Å². The summed E-state index contributed by atoms with van der Waals surface area (Å²) in [6, 6.07) is 13.6.